The highest BCUT2D eigenvalue weighted by Gasteiger charge is 2.39. The Morgan fingerprint density at radius 3 is 2.68 bits per heavy atom. The molecule has 2 rings (SSSR count). The molecule has 22 heavy (non-hydrogen) atoms. The van der Waals surface area contributed by atoms with Gasteiger partial charge in [0, 0.05) is 13.1 Å². The van der Waals surface area contributed by atoms with Crippen molar-refractivity contribution >= 4 is 15.9 Å². The lowest BCUT2D eigenvalue weighted by molar-refractivity contribution is -0.124. The molecule has 0 aliphatic carbocycles. The number of carbonyl (C=O) groups excluding carboxylic acids is 1. The van der Waals surface area contributed by atoms with Crippen molar-refractivity contribution in [1.29, 1.82) is 0 Å². The summed E-state index contributed by atoms with van der Waals surface area (Å²) in [4.78, 5) is 12.2. The van der Waals surface area contributed by atoms with Crippen LogP contribution in [0.2, 0.25) is 0 Å². The number of rotatable bonds is 6. The zero-order valence-electron chi connectivity index (χ0n) is 12.6. The van der Waals surface area contributed by atoms with Crippen LogP contribution < -0.4 is 5.32 Å². The number of nitrogens with one attached hydrogen (secondary N) is 1. The zero-order valence-corrected chi connectivity index (χ0v) is 13.4. The van der Waals surface area contributed by atoms with Gasteiger partial charge in [-0.25, -0.2) is 12.8 Å². The predicted octanol–water partition coefficient (Wildman–Crippen LogP) is 1.90. The monoisotopic (exact) mass is 328 g/mol. The summed E-state index contributed by atoms with van der Waals surface area (Å²) < 4.78 is 39.4. The zero-order chi connectivity index (χ0) is 16.2. The topological polar surface area (TPSA) is 66.5 Å². The maximum absolute atomic E-state index is 13.0. The van der Waals surface area contributed by atoms with Gasteiger partial charge in [-0.05, 0) is 43.5 Å². The van der Waals surface area contributed by atoms with Crippen molar-refractivity contribution in [3.05, 3.63) is 30.1 Å². The van der Waals surface area contributed by atoms with Crippen LogP contribution in [0.3, 0.4) is 0 Å². The van der Waals surface area contributed by atoms with E-state index >= 15 is 0 Å². The highest BCUT2D eigenvalue weighted by molar-refractivity contribution is 7.89. The van der Waals surface area contributed by atoms with E-state index in [1.54, 1.807) is 0 Å². The molecule has 0 spiro atoms. The molecule has 1 amide bonds. The van der Waals surface area contributed by atoms with Crippen LogP contribution in [-0.2, 0) is 14.8 Å². The van der Waals surface area contributed by atoms with E-state index in [2.05, 4.69) is 5.32 Å². The molecule has 1 atom stereocenters. The molecule has 1 aliphatic heterocycles. The number of halogens is 1. The molecule has 7 heteroatoms. The van der Waals surface area contributed by atoms with Crippen molar-refractivity contribution in [2.75, 3.05) is 13.1 Å². The Kier molecular flexibility index (Phi) is 5.52. The molecule has 1 saturated heterocycles. The molecule has 0 aromatic heterocycles. The number of amides is 1. The molecule has 5 nitrogen and oxygen atoms in total. The maximum atomic E-state index is 13.0. The number of carbonyl (C=O) groups is 1. The Labute approximate surface area is 130 Å². The third kappa shape index (κ3) is 3.64. The first-order valence-electron chi connectivity index (χ1n) is 7.52. The molecule has 0 bridgehead atoms. The van der Waals surface area contributed by atoms with Crippen LogP contribution in [0.15, 0.2) is 29.2 Å². The lowest BCUT2D eigenvalue weighted by atomic mass is 10.2. The SMILES string of the molecule is CCCCNC(=O)C1CCCN1S(=O)(=O)c1ccc(F)cc1. The molecule has 1 unspecified atom stereocenters. The van der Waals surface area contributed by atoms with Gasteiger partial charge in [0.25, 0.3) is 0 Å². The van der Waals surface area contributed by atoms with Crippen molar-refractivity contribution in [2.24, 2.45) is 0 Å². The summed E-state index contributed by atoms with van der Waals surface area (Å²) in [5.74, 6) is -0.745. The highest BCUT2D eigenvalue weighted by Crippen LogP contribution is 2.26. The molecule has 1 aromatic carbocycles. The van der Waals surface area contributed by atoms with Crippen LogP contribution in [0.1, 0.15) is 32.6 Å². The number of unbranched alkanes of at least 4 members (excludes halogenated alkanes) is 1. The number of hydrogen-bond acceptors (Lipinski definition) is 3. The van der Waals surface area contributed by atoms with Gasteiger partial charge in [-0.3, -0.25) is 4.79 Å². The van der Waals surface area contributed by atoms with E-state index in [-0.39, 0.29) is 10.8 Å². The Bertz CT molecular complexity index is 616. The number of hydrogen-bond donors (Lipinski definition) is 1. The summed E-state index contributed by atoms with van der Waals surface area (Å²) in [6, 6.07) is 4.01. The van der Waals surface area contributed by atoms with E-state index in [4.69, 9.17) is 0 Å². The minimum atomic E-state index is -3.77. The quantitative estimate of drug-likeness (QED) is 0.811. The van der Waals surface area contributed by atoms with Gasteiger partial charge in [-0.1, -0.05) is 13.3 Å². The fourth-order valence-corrected chi connectivity index (χ4v) is 4.19. The van der Waals surface area contributed by atoms with E-state index in [1.807, 2.05) is 6.92 Å². The Hall–Kier alpha value is -1.47. The van der Waals surface area contributed by atoms with Gasteiger partial charge in [0.2, 0.25) is 15.9 Å². The average Bonchev–Trinajstić information content (AvgIpc) is 2.98. The maximum Gasteiger partial charge on any atom is 0.243 e. The van der Waals surface area contributed by atoms with E-state index in [0.29, 0.717) is 25.9 Å². The number of sulfonamides is 1. The molecule has 0 saturated carbocycles. The first-order valence-corrected chi connectivity index (χ1v) is 8.96. The van der Waals surface area contributed by atoms with Gasteiger partial charge in [0.15, 0.2) is 0 Å². The molecule has 1 heterocycles. The first-order chi connectivity index (χ1) is 10.5. The molecule has 1 fully saturated rings. The van der Waals surface area contributed by atoms with Gasteiger partial charge >= 0.3 is 0 Å². The molecule has 1 aliphatic rings. The summed E-state index contributed by atoms with van der Waals surface area (Å²) in [6.45, 7) is 2.88. The summed E-state index contributed by atoms with van der Waals surface area (Å²) in [5.41, 5.74) is 0. The minimum absolute atomic E-state index is 0.0159. The standard InChI is InChI=1S/C15H21FN2O3S/c1-2-3-10-17-15(19)14-5-4-11-18(14)22(20,21)13-8-6-12(16)7-9-13/h6-9,14H,2-5,10-11H2,1H3,(H,17,19). The van der Waals surface area contributed by atoms with Crippen molar-refractivity contribution in [1.82, 2.24) is 9.62 Å². The van der Waals surface area contributed by atoms with E-state index in [0.717, 1.165) is 25.0 Å². The molecular weight excluding hydrogens is 307 g/mol. The third-order valence-corrected chi connectivity index (χ3v) is 5.68. The fraction of sp³-hybridized carbons (Fsp3) is 0.533. The summed E-state index contributed by atoms with van der Waals surface area (Å²) >= 11 is 0. The van der Waals surface area contributed by atoms with E-state index in [9.17, 15) is 17.6 Å². The van der Waals surface area contributed by atoms with Crippen LogP contribution in [0.5, 0.6) is 0 Å². The Balaban J connectivity index is 2.15. The summed E-state index contributed by atoms with van der Waals surface area (Å²) in [6.07, 6.45) is 2.98. The Morgan fingerprint density at radius 1 is 1.36 bits per heavy atom. The molecule has 0 radical (unpaired) electrons. The van der Waals surface area contributed by atoms with Gasteiger partial charge < -0.3 is 5.32 Å². The van der Waals surface area contributed by atoms with Crippen LogP contribution >= 0.6 is 0 Å². The van der Waals surface area contributed by atoms with Crippen molar-refractivity contribution in [3.63, 3.8) is 0 Å². The van der Waals surface area contributed by atoms with Crippen LogP contribution in [0, 0.1) is 5.82 Å². The second kappa shape index (κ2) is 7.19. The largest absolute Gasteiger partial charge is 0.355 e. The molecular formula is C15H21FN2O3S. The van der Waals surface area contributed by atoms with Crippen LogP contribution in [0.25, 0.3) is 0 Å². The molecule has 1 aromatic rings. The van der Waals surface area contributed by atoms with Crippen LogP contribution in [-0.4, -0.2) is 37.8 Å². The molecule has 122 valence electrons. The number of nitrogens with zero attached hydrogens (tertiary/aromatic N) is 1. The normalized spacial score (nSPS) is 19.3. The lowest BCUT2D eigenvalue weighted by Gasteiger charge is -2.23. The fourth-order valence-electron chi connectivity index (χ4n) is 2.54. The smallest absolute Gasteiger partial charge is 0.243 e. The second-order valence-electron chi connectivity index (χ2n) is 5.37. The van der Waals surface area contributed by atoms with Crippen LogP contribution in [0.4, 0.5) is 4.39 Å². The summed E-state index contributed by atoms with van der Waals surface area (Å²) in [7, 11) is -3.77. The van der Waals surface area contributed by atoms with E-state index < -0.39 is 21.9 Å². The van der Waals surface area contributed by atoms with Gasteiger partial charge in [-0.2, -0.15) is 4.31 Å². The van der Waals surface area contributed by atoms with E-state index in [1.165, 1.54) is 16.4 Å². The van der Waals surface area contributed by atoms with Crippen molar-refractivity contribution < 1.29 is 17.6 Å². The summed E-state index contributed by atoms with van der Waals surface area (Å²) in [5, 5.41) is 2.78. The molecule has 1 N–H and O–H groups in total. The van der Waals surface area contributed by atoms with Gasteiger partial charge in [0.1, 0.15) is 11.9 Å². The van der Waals surface area contributed by atoms with Crippen molar-refractivity contribution in [2.45, 2.75) is 43.5 Å². The van der Waals surface area contributed by atoms with Crippen molar-refractivity contribution in [3.8, 4) is 0 Å². The second-order valence-corrected chi connectivity index (χ2v) is 7.26. The van der Waals surface area contributed by atoms with Gasteiger partial charge in [0.05, 0.1) is 4.90 Å². The Morgan fingerprint density at radius 2 is 2.05 bits per heavy atom. The number of benzene rings is 1. The van der Waals surface area contributed by atoms with Gasteiger partial charge in [-0.15, -0.1) is 0 Å². The third-order valence-electron chi connectivity index (χ3n) is 3.76. The predicted molar refractivity (Wildman–Crippen MR) is 81.2 cm³/mol. The lowest BCUT2D eigenvalue weighted by Crippen LogP contribution is -2.46. The average molecular weight is 328 g/mol. The minimum Gasteiger partial charge on any atom is -0.355 e. The highest BCUT2D eigenvalue weighted by atomic mass is 32.2. The first kappa shape index (κ1) is 16.9.